The van der Waals surface area contributed by atoms with E-state index in [0.717, 1.165) is 18.4 Å². The van der Waals surface area contributed by atoms with Crippen molar-refractivity contribution in [3.05, 3.63) is 42.1 Å². The molecule has 2 heterocycles. The number of piperidine rings is 1. The molecule has 1 saturated heterocycles. The number of aliphatic hydroxyl groups is 1. The van der Waals surface area contributed by atoms with Crippen molar-refractivity contribution < 1.29 is 14.4 Å². The Morgan fingerprint density at radius 3 is 2.90 bits per heavy atom. The lowest BCUT2D eigenvalue weighted by Gasteiger charge is -2.29. The van der Waals surface area contributed by atoms with Gasteiger partial charge in [0.15, 0.2) is 11.5 Å². The number of hydrogen-bond donors (Lipinski definition) is 1. The summed E-state index contributed by atoms with van der Waals surface area (Å²) in [5.41, 5.74) is 1.18. The molecule has 0 spiro atoms. The molecule has 0 radical (unpaired) electrons. The summed E-state index contributed by atoms with van der Waals surface area (Å²) in [5.74, 6) is 0.390. The van der Waals surface area contributed by atoms with Crippen LogP contribution in [0.3, 0.4) is 0 Å². The molecule has 1 aromatic heterocycles. The first kappa shape index (κ1) is 12.9. The summed E-state index contributed by atoms with van der Waals surface area (Å²) in [7, 11) is 0. The van der Waals surface area contributed by atoms with Gasteiger partial charge in [-0.1, -0.05) is 35.5 Å². The van der Waals surface area contributed by atoms with Gasteiger partial charge in [-0.15, -0.1) is 0 Å². The zero-order valence-corrected chi connectivity index (χ0v) is 11.0. The van der Waals surface area contributed by atoms with E-state index in [1.165, 1.54) is 0 Å². The van der Waals surface area contributed by atoms with Crippen LogP contribution in [0.1, 0.15) is 23.3 Å². The Labute approximate surface area is 116 Å². The number of aromatic nitrogens is 1. The average molecular weight is 272 g/mol. The molecule has 1 aromatic carbocycles. The van der Waals surface area contributed by atoms with E-state index in [9.17, 15) is 9.90 Å². The number of nitrogens with zero attached hydrogens (tertiary/aromatic N) is 2. The predicted molar refractivity (Wildman–Crippen MR) is 73.1 cm³/mol. The fourth-order valence-electron chi connectivity index (χ4n) is 2.42. The van der Waals surface area contributed by atoms with Crippen LogP contribution >= 0.6 is 0 Å². The molecule has 5 nitrogen and oxygen atoms in total. The Hall–Kier alpha value is -2.14. The SMILES string of the molecule is O=C(c1cc(-c2ccccc2)on1)N1CCCC(O)C1. The number of carbonyl (C=O) groups excluding carboxylic acids is 1. The summed E-state index contributed by atoms with van der Waals surface area (Å²) in [6.07, 6.45) is 1.13. The van der Waals surface area contributed by atoms with Crippen molar-refractivity contribution in [1.29, 1.82) is 0 Å². The number of amides is 1. The third-order valence-electron chi connectivity index (χ3n) is 3.47. The number of hydrogen-bond acceptors (Lipinski definition) is 4. The second-order valence-electron chi connectivity index (χ2n) is 4.99. The Morgan fingerprint density at radius 2 is 2.15 bits per heavy atom. The summed E-state index contributed by atoms with van der Waals surface area (Å²) in [5, 5.41) is 13.5. The fraction of sp³-hybridized carbons (Fsp3) is 0.333. The van der Waals surface area contributed by atoms with Gasteiger partial charge in [-0.2, -0.15) is 0 Å². The Bertz CT molecular complexity index is 594. The maximum atomic E-state index is 12.3. The average Bonchev–Trinajstić information content (AvgIpc) is 2.97. The van der Waals surface area contributed by atoms with Crippen LogP contribution in [0.4, 0.5) is 0 Å². The fourth-order valence-corrected chi connectivity index (χ4v) is 2.42. The first-order chi connectivity index (χ1) is 9.74. The van der Waals surface area contributed by atoms with Gasteiger partial charge in [-0.05, 0) is 12.8 Å². The molecule has 1 amide bonds. The van der Waals surface area contributed by atoms with Crippen LogP contribution in [0, 0.1) is 0 Å². The number of likely N-dealkylation sites (tertiary alicyclic amines) is 1. The molecule has 1 aliphatic rings. The van der Waals surface area contributed by atoms with Crippen LogP contribution in [-0.4, -0.2) is 40.3 Å². The van der Waals surface area contributed by atoms with Crippen molar-refractivity contribution in [2.45, 2.75) is 18.9 Å². The minimum Gasteiger partial charge on any atom is -0.391 e. The maximum absolute atomic E-state index is 12.3. The lowest BCUT2D eigenvalue weighted by molar-refractivity contribution is 0.0465. The highest BCUT2D eigenvalue weighted by Crippen LogP contribution is 2.21. The highest BCUT2D eigenvalue weighted by atomic mass is 16.5. The molecule has 1 N–H and O–H groups in total. The molecular weight excluding hydrogens is 256 g/mol. The third kappa shape index (κ3) is 2.58. The molecule has 1 aliphatic heterocycles. The number of β-amino-alcohol motifs (C(OH)–C–C–N with tert-alkyl or cyclic N) is 1. The third-order valence-corrected chi connectivity index (χ3v) is 3.47. The highest BCUT2D eigenvalue weighted by Gasteiger charge is 2.25. The molecule has 5 heteroatoms. The van der Waals surface area contributed by atoms with E-state index in [1.807, 2.05) is 30.3 Å². The molecule has 104 valence electrons. The predicted octanol–water partition coefficient (Wildman–Crippen LogP) is 1.94. The second kappa shape index (κ2) is 5.46. The van der Waals surface area contributed by atoms with Crippen molar-refractivity contribution in [2.75, 3.05) is 13.1 Å². The lowest BCUT2D eigenvalue weighted by Crippen LogP contribution is -2.42. The van der Waals surface area contributed by atoms with Crippen molar-refractivity contribution in [3.63, 3.8) is 0 Å². The van der Waals surface area contributed by atoms with Crippen LogP contribution in [-0.2, 0) is 0 Å². The van der Waals surface area contributed by atoms with E-state index < -0.39 is 6.10 Å². The van der Waals surface area contributed by atoms with Crippen molar-refractivity contribution in [3.8, 4) is 11.3 Å². The summed E-state index contributed by atoms with van der Waals surface area (Å²) in [6.45, 7) is 1.02. The Balaban J connectivity index is 1.78. The summed E-state index contributed by atoms with van der Waals surface area (Å²) in [6, 6.07) is 11.2. The second-order valence-corrected chi connectivity index (χ2v) is 4.99. The molecule has 1 unspecified atom stereocenters. The van der Waals surface area contributed by atoms with Crippen LogP contribution in [0.15, 0.2) is 40.9 Å². The molecule has 1 atom stereocenters. The zero-order chi connectivity index (χ0) is 13.9. The highest BCUT2D eigenvalue weighted by molar-refractivity contribution is 5.93. The maximum Gasteiger partial charge on any atom is 0.276 e. The topological polar surface area (TPSA) is 66.6 Å². The molecule has 2 aromatic rings. The van der Waals surface area contributed by atoms with Gasteiger partial charge in [0, 0.05) is 24.7 Å². The van der Waals surface area contributed by atoms with Gasteiger partial charge < -0.3 is 14.5 Å². The molecule has 0 bridgehead atoms. The minimum absolute atomic E-state index is 0.185. The van der Waals surface area contributed by atoms with E-state index in [2.05, 4.69) is 5.16 Å². The summed E-state index contributed by atoms with van der Waals surface area (Å²) < 4.78 is 5.23. The molecule has 1 fully saturated rings. The molecular formula is C15H16N2O3. The van der Waals surface area contributed by atoms with Crippen molar-refractivity contribution >= 4 is 5.91 Å². The molecule has 0 saturated carbocycles. The number of carbonyl (C=O) groups is 1. The van der Waals surface area contributed by atoms with Gasteiger partial charge in [-0.25, -0.2) is 0 Å². The van der Waals surface area contributed by atoms with E-state index in [4.69, 9.17) is 4.52 Å². The molecule has 3 rings (SSSR count). The van der Waals surface area contributed by atoms with Gasteiger partial charge in [-0.3, -0.25) is 4.79 Å². The largest absolute Gasteiger partial charge is 0.391 e. The van der Waals surface area contributed by atoms with Gasteiger partial charge in [0.05, 0.1) is 6.10 Å². The zero-order valence-electron chi connectivity index (χ0n) is 11.0. The van der Waals surface area contributed by atoms with E-state index in [1.54, 1.807) is 11.0 Å². The first-order valence-corrected chi connectivity index (χ1v) is 6.73. The standard InChI is InChI=1S/C15H16N2O3/c18-12-7-4-8-17(10-12)15(19)13-9-14(20-16-13)11-5-2-1-3-6-11/h1-3,5-6,9,12,18H,4,7-8,10H2. The van der Waals surface area contributed by atoms with Crippen LogP contribution in [0.25, 0.3) is 11.3 Å². The van der Waals surface area contributed by atoms with E-state index in [-0.39, 0.29) is 11.6 Å². The summed E-state index contributed by atoms with van der Waals surface area (Å²) in [4.78, 5) is 13.9. The molecule has 20 heavy (non-hydrogen) atoms. The number of aliphatic hydroxyl groups excluding tert-OH is 1. The van der Waals surface area contributed by atoms with E-state index in [0.29, 0.717) is 18.8 Å². The van der Waals surface area contributed by atoms with Gasteiger partial charge in [0.25, 0.3) is 5.91 Å². The minimum atomic E-state index is -0.437. The first-order valence-electron chi connectivity index (χ1n) is 6.73. The van der Waals surface area contributed by atoms with Crippen molar-refractivity contribution in [1.82, 2.24) is 10.1 Å². The number of rotatable bonds is 2. The van der Waals surface area contributed by atoms with Gasteiger partial charge in [0.2, 0.25) is 0 Å². The van der Waals surface area contributed by atoms with Crippen LogP contribution in [0.2, 0.25) is 0 Å². The normalized spacial score (nSPS) is 19.1. The molecule has 0 aliphatic carbocycles. The Kier molecular flexibility index (Phi) is 3.52. The lowest BCUT2D eigenvalue weighted by atomic mass is 10.1. The van der Waals surface area contributed by atoms with Crippen LogP contribution in [0.5, 0.6) is 0 Å². The number of benzene rings is 1. The van der Waals surface area contributed by atoms with Crippen molar-refractivity contribution in [2.24, 2.45) is 0 Å². The quantitative estimate of drug-likeness (QED) is 0.907. The van der Waals surface area contributed by atoms with Gasteiger partial charge >= 0.3 is 0 Å². The smallest absolute Gasteiger partial charge is 0.276 e. The Morgan fingerprint density at radius 1 is 1.35 bits per heavy atom. The monoisotopic (exact) mass is 272 g/mol. The van der Waals surface area contributed by atoms with E-state index >= 15 is 0 Å². The van der Waals surface area contributed by atoms with Gasteiger partial charge in [0.1, 0.15) is 0 Å². The van der Waals surface area contributed by atoms with Crippen LogP contribution < -0.4 is 0 Å². The summed E-state index contributed by atoms with van der Waals surface area (Å²) >= 11 is 0.